The smallest absolute Gasteiger partial charge is 0.246 e. The van der Waals surface area contributed by atoms with Crippen molar-refractivity contribution in [2.75, 3.05) is 24.2 Å². The zero-order valence-corrected chi connectivity index (χ0v) is 18.5. The van der Waals surface area contributed by atoms with Crippen LogP contribution in [0.4, 0.5) is 11.4 Å². The normalized spacial score (nSPS) is 11.8. The lowest BCUT2D eigenvalue weighted by Gasteiger charge is -2.27. The molecule has 3 aromatic carbocycles. The molecule has 0 aromatic heterocycles. The number of hydrogen-bond donors (Lipinski definition) is 2. The Morgan fingerprint density at radius 3 is 2.19 bits per heavy atom. The molecule has 5 nitrogen and oxygen atoms in total. The number of aryl methyl sites for hydroxylation is 2. The minimum absolute atomic E-state index is 0.0776. The molecule has 3 aromatic rings. The number of carbonyl (C=O) groups is 2. The van der Waals surface area contributed by atoms with Crippen LogP contribution in [0.25, 0.3) is 0 Å². The third kappa shape index (κ3) is 5.80. The maximum atomic E-state index is 13.2. The van der Waals surface area contributed by atoms with E-state index in [1.54, 1.807) is 11.9 Å². The third-order valence-electron chi connectivity index (χ3n) is 5.40. The van der Waals surface area contributed by atoms with E-state index >= 15 is 0 Å². The maximum Gasteiger partial charge on any atom is 0.246 e. The summed E-state index contributed by atoms with van der Waals surface area (Å²) in [6, 6.07) is 22.4. The van der Waals surface area contributed by atoms with Crippen LogP contribution < -0.4 is 10.6 Å². The van der Waals surface area contributed by atoms with Gasteiger partial charge in [-0.25, -0.2) is 0 Å². The number of carbonyl (C=O) groups excluding carboxylic acids is 2. The monoisotopic (exact) mass is 415 g/mol. The van der Waals surface area contributed by atoms with E-state index in [2.05, 4.69) is 10.6 Å². The summed E-state index contributed by atoms with van der Waals surface area (Å²) in [6.45, 7) is 6.07. The van der Waals surface area contributed by atoms with Crippen molar-refractivity contribution in [1.82, 2.24) is 4.90 Å². The Morgan fingerprint density at radius 1 is 0.839 bits per heavy atom. The summed E-state index contributed by atoms with van der Waals surface area (Å²) in [4.78, 5) is 27.7. The molecule has 0 aliphatic carbocycles. The lowest BCUT2D eigenvalue weighted by Crippen LogP contribution is -2.39. The summed E-state index contributed by atoms with van der Waals surface area (Å²) in [5, 5.41) is 5.95. The van der Waals surface area contributed by atoms with E-state index in [1.165, 1.54) is 0 Å². The number of anilines is 2. The second kappa shape index (κ2) is 10.0. The second-order valence-corrected chi connectivity index (χ2v) is 7.88. The molecule has 160 valence electrons. The zero-order valence-electron chi connectivity index (χ0n) is 18.5. The van der Waals surface area contributed by atoms with Gasteiger partial charge in [0.2, 0.25) is 11.8 Å². The van der Waals surface area contributed by atoms with Gasteiger partial charge in [0, 0.05) is 11.4 Å². The molecule has 5 heteroatoms. The molecule has 0 heterocycles. The van der Waals surface area contributed by atoms with Crippen molar-refractivity contribution in [3.05, 3.63) is 95.1 Å². The van der Waals surface area contributed by atoms with Gasteiger partial charge in [0.05, 0.1) is 6.54 Å². The van der Waals surface area contributed by atoms with Crippen LogP contribution in [0, 0.1) is 20.8 Å². The molecule has 0 saturated carbocycles. The van der Waals surface area contributed by atoms with Crippen molar-refractivity contribution in [2.45, 2.75) is 26.8 Å². The number of nitrogens with zero attached hydrogens (tertiary/aromatic N) is 1. The molecule has 0 fully saturated rings. The highest BCUT2D eigenvalue weighted by atomic mass is 16.2. The first-order valence-electron chi connectivity index (χ1n) is 10.3. The molecule has 31 heavy (non-hydrogen) atoms. The molecule has 0 bridgehead atoms. The van der Waals surface area contributed by atoms with Crippen molar-refractivity contribution in [3.8, 4) is 0 Å². The molecule has 0 saturated heterocycles. The van der Waals surface area contributed by atoms with E-state index in [4.69, 9.17) is 0 Å². The van der Waals surface area contributed by atoms with Crippen LogP contribution in [-0.2, 0) is 9.59 Å². The highest BCUT2D eigenvalue weighted by Crippen LogP contribution is 2.23. The van der Waals surface area contributed by atoms with Gasteiger partial charge in [-0.15, -0.1) is 0 Å². The van der Waals surface area contributed by atoms with Crippen molar-refractivity contribution < 1.29 is 9.59 Å². The fraction of sp³-hybridized carbons (Fsp3) is 0.231. The zero-order chi connectivity index (χ0) is 22.4. The fourth-order valence-corrected chi connectivity index (χ4v) is 3.48. The highest BCUT2D eigenvalue weighted by Gasteiger charge is 2.27. The average Bonchev–Trinajstić information content (AvgIpc) is 2.74. The molecule has 2 N–H and O–H groups in total. The number of likely N-dealkylation sites (N-methyl/N-ethyl adjacent to an activating group) is 1. The SMILES string of the molecule is Cc1ccc(NC(=O)[C@@H](c2ccccc2)N(C)CC(=O)Nc2cccc(C)c2C)cc1. The van der Waals surface area contributed by atoms with Crippen molar-refractivity contribution in [2.24, 2.45) is 0 Å². The highest BCUT2D eigenvalue weighted by molar-refractivity contribution is 5.97. The number of benzene rings is 3. The van der Waals surface area contributed by atoms with Crippen molar-refractivity contribution >= 4 is 23.2 Å². The van der Waals surface area contributed by atoms with Gasteiger partial charge in [-0.1, -0.05) is 60.2 Å². The fourth-order valence-electron chi connectivity index (χ4n) is 3.48. The van der Waals surface area contributed by atoms with Gasteiger partial charge in [-0.05, 0) is 62.7 Å². The van der Waals surface area contributed by atoms with Gasteiger partial charge in [0.1, 0.15) is 6.04 Å². The van der Waals surface area contributed by atoms with Gasteiger partial charge in [-0.2, -0.15) is 0 Å². The molecular formula is C26H29N3O2. The molecule has 0 unspecified atom stereocenters. The first-order valence-corrected chi connectivity index (χ1v) is 10.3. The summed E-state index contributed by atoms with van der Waals surface area (Å²) in [5.74, 6) is -0.350. The largest absolute Gasteiger partial charge is 0.325 e. The van der Waals surface area contributed by atoms with Gasteiger partial charge in [-0.3, -0.25) is 14.5 Å². The van der Waals surface area contributed by atoms with E-state index in [0.29, 0.717) is 0 Å². The first-order chi connectivity index (χ1) is 14.8. The summed E-state index contributed by atoms with van der Waals surface area (Å²) in [6.07, 6.45) is 0. The van der Waals surface area contributed by atoms with Gasteiger partial charge in [0.25, 0.3) is 0 Å². The predicted molar refractivity (Wildman–Crippen MR) is 126 cm³/mol. The molecule has 0 aliphatic rings. The maximum absolute atomic E-state index is 13.2. The van der Waals surface area contributed by atoms with Crippen molar-refractivity contribution in [3.63, 3.8) is 0 Å². The molecular weight excluding hydrogens is 386 g/mol. The lowest BCUT2D eigenvalue weighted by molar-refractivity contribution is -0.123. The third-order valence-corrected chi connectivity index (χ3v) is 5.40. The molecule has 0 spiro atoms. The summed E-state index contributed by atoms with van der Waals surface area (Å²) >= 11 is 0. The first kappa shape index (κ1) is 22.2. The summed E-state index contributed by atoms with van der Waals surface area (Å²) < 4.78 is 0. The van der Waals surface area contributed by atoms with E-state index in [-0.39, 0.29) is 18.4 Å². The van der Waals surface area contributed by atoms with Gasteiger partial charge in [0.15, 0.2) is 0 Å². The number of hydrogen-bond acceptors (Lipinski definition) is 3. The number of rotatable bonds is 7. The summed E-state index contributed by atoms with van der Waals surface area (Å²) in [5.41, 5.74) is 5.62. The molecule has 0 radical (unpaired) electrons. The quantitative estimate of drug-likeness (QED) is 0.579. The van der Waals surface area contributed by atoms with Crippen LogP contribution in [0.1, 0.15) is 28.3 Å². The average molecular weight is 416 g/mol. The van der Waals surface area contributed by atoms with Crippen LogP contribution in [0.5, 0.6) is 0 Å². The van der Waals surface area contributed by atoms with E-state index in [9.17, 15) is 9.59 Å². The Balaban J connectivity index is 1.76. The molecule has 0 aliphatic heterocycles. The minimum Gasteiger partial charge on any atom is -0.325 e. The minimum atomic E-state index is -0.605. The molecule has 2 amide bonds. The standard InChI is InChI=1S/C26H29N3O2/c1-18-13-15-22(16-14-18)27-26(31)25(21-10-6-5-7-11-21)29(4)17-24(30)28-23-12-8-9-19(2)20(23)3/h5-16,25H,17H2,1-4H3,(H,27,31)(H,28,30)/t25-/m1/s1. The molecule has 3 rings (SSSR count). The van der Waals surface area contributed by atoms with Crippen LogP contribution in [0.3, 0.4) is 0 Å². The van der Waals surface area contributed by atoms with E-state index < -0.39 is 6.04 Å². The Kier molecular flexibility index (Phi) is 7.21. The van der Waals surface area contributed by atoms with E-state index in [1.807, 2.05) is 93.6 Å². The number of nitrogens with one attached hydrogen (secondary N) is 2. The lowest BCUT2D eigenvalue weighted by atomic mass is 10.0. The van der Waals surface area contributed by atoms with Crippen LogP contribution in [0.15, 0.2) is 72.8 Å². The van der Waals surface area contributed by atoms with Gasteiger partial charge >= 0.3 is 0 Å². The Labute approximate surface area is 184 Å². The second-order valence-electron chi connectivity index (χ2n) is 7.88. The van der Waals surface area contributed by atoms with Crippen LogP contribution in [0.2, 0.25) is 0 Å². The predicted octanol–water partition coefficient (Wildman–Crippen LogP) is 4.86. The molecule has 1 atom stereocenters. The van der Waals surface area contributed by atoms with Crippen LogP contribution >= 0.6 is 0 Å². The Bertz CT molecular complexity index is 1050. The van der Waals surface area contributed by atoms with Crippen LogP contribution in [-0.4, -0.2) is 30.3 Å². The van der Waals surface area contributed by atoms with Crippen molar-refractivity contribution in [1.29, 1.82) is 0 Å². The summed E-state index contributed by atoms with van der Waals surface area (Å²) in [7, 11) is 1.79. The topological polar surface area (TPSA) is 61.4 Å². The Hall–Kier alpha value is -3.44. The van der Waals surface area contributed by atoms with E-state index in [0.717, 1.165) is 33.6 Å². The Morgan fingerprint density at radius 2 is 1.52 bits per heavy atom. The number of amides is 2. The van der Waals surface area contributed by atoms with Gasteiger partial charge < -0.3 is 10.6 Å².